The molecule has 0 fully saturated rings. The minimum atomic E-state index is -1.52. The van der Waals surface area contributed by atoms with Gasteiger partial charge in [0.15, 0.2) is 23.0 Å². The molecule has 21 heteroatoms. The minimum Gasteiger partial charge on any atom is -0.493 e. The first-order valence-corrected chi connectivity index (χ1v) is 23.7. The van der Waals surface area contributed by atoms with Crippen LogP contribution in [0.1, 0.15) is 31.8 Å². The largest absolute Gasteiger partial charge is 0.493 e. The highest BCUT2D eigenvalue weighted by molar-refractivity contribution is 6.59. The zero-order valence-electron chi connectivity index (χ0n) is 40.4. The summed E-state index contributed by atoms with van der Waals surface area (Å²) in [5.74, 6) is 1.91. The van der Waals surface area contributed by atoms with Crippen LogP contribution in [0, 0.1) is 0 Å². The van der Waals surface area contributed by atoms with Gasteiger partial charge in [0.1, 0.15) is 0 Å². The second-order valence-corrected chi connectivity index (χ2v) is 17.3. The fourth-order valence-electron chi connectivity index (χ4n) is 6.69. The number of halogens is 5. The van der Waals surface area contributed by atoms with Gasteiger partial charge in [-0.2, -0.15) is 0 Å². The molecule has 4 aromatic carbocycles. The molecule has 0 saturated carbocycles. The Bertz CT molecular complexity index is 3110. The summed E-state index contributed by atoms with van der Waals surface area (Å²) in [5.41, 5.74) is 12.4. The Morgan fingerprint density at radius 2 is 1.04 bits per heavy atom. The topological polar surface area (TPSA) is 210 Å². The monoisotopic (exact) mass is 1100 g/mol. The summed E-state index contributed by atoms with van der Waals surface area (Å²) in [5, 5.41) is 22.6. The van der Waals surface area contributed by atoms with Crippen LogP contribution in [0.5, 0.6) is 23.0 Å². The van der Waals surface area contributed by atoms with Crippen molar-refractivity contribution >= 4 is 82.5 Å². The second-order valence-electron chi connectivity index (χ2n) is 15.1. The van der Waals surface area contributed by atoms with Gasteiger partial charge in [0.2, 0.25) is 0 Å². The van der Waals surface area contributed by atoms with E-state index in [4.69, 9.17) is 97.5 Å². The Morgan fingerprint density at radius 1 is 0.541 bits per heavy atom. The molecule has 0 bridgehead atoms. The number of pyridine rings is 4. The number of nitrogens with zero attached hydrogens (tertiary/aromatic N) is 4. The van der Waals surface area contributed by atoms with E-state index in [2.05, 4.69) is 25.3 Å². The molecule has 0 aliphatic heterocycles. The van der Waals surface area contributed by atoms with Crippen molar-refractivity contribution in [1.29, 1.82) is 0 Å². The third-order valence-corrected chi connectivity index (χ3v) is 11.3. The van der Waals surface area contributed by atoms with Crippen molar-refractivity contribution in [3.05, 3.63) is 194 Å². The molecular weight excluding hydrogens is 1050 g/mol. The Morgan fingerprint density at radius 3 is 1.53 bits per heavy atom. The molecule has 15 nitrogen and oxygen atoms in total. The van der Waals surface area contributed by atoms with Gasteiger partial charge in [-0.05, 0) is 119 Å². The summed E-state index contributed by atoms with van der Waals surface area (Å²) in [4.78, 5) is 41.8. The van der Waals surface area contributed by atoms with Crippen LogP contribution in [0.4, 0.5) is 0 Å². The van der Waals surface area contributed by atoms with Crippen LogP contribution in [0.3, 0.4) is 0 Å². The predicted octanol–water partition coefficient (Wildman–Crippen LogP) is 10.5. The van der Waals surface area contributed by atoms with Gasteiger partial charge in [0.25, 0.3) is 5.91 Å². The maximum Gasteiger partial charge on any atom is 0.488 e. The fourth-order valence-corrected chi connectivity index (χ4v) is 7.91. The van der Waals surface area contributed by atoms with Crippen molar-refractivity contribution in [2.24, 2.45) is 5.73 Å². The summed E-state index contributed by atoms with van der Waals surface area (Å²) >= 11 is 29.4. The summed E-state index contributed by atoms with van der Waals surface area (Å²) < 4.78 is 25.5. The first-order valence-electron chi connectivity index (χ1n) is 21.8. The van der Waals surface area contributed by atoms with Gasteiger partial charge in [-0.15, -0.1) is 0 Å². The van der Waals surface area contributed by atoms with Crippen molar-refractivity contribution in [2.45, 2.75) is 13.1 Å². The second kappa shape index (κ2) is 29.0. The highest BCUT2D eigenvalue weighted by Crippen LogP contribution is 2.32. The lowest BCUT2D eigenvalue weighted by Crippen LogP contribution is -2.29. The van der Waals surface area contributed by atoms with E-state index in [1.807, 2.05) is 42.5 Å². The first kappa shape index (κ1) is 57.9. The Balaban J connectivity index is 0.000000209. The summed E-state index contributed by atoms with van der Waals surface area (Å²) in [7, 11) is 6.16. The number of esters is 1. The number of hydrogen-bond donors (Lipinski definition) is 4. The first-order chi connectivity index (χ1) is 35.6. The smallest absolute Gasteiger partial charge is 0.488 e. The fraction of sp³-hybridized carbons (Fsp3) is 0.132. The SMILES string of the molecule is COC(=O)c1cc(Cl)cnc1-c1cccnc1.COc1ccc(CN)cc1OC.COc1ccc(CNC(=O)c2cc(-c3cc(Cl)cc(Cl)c3)cnc2-c2cccnc2)cc1OC.OB(O)c1cc(Cl)cc(Cl)c1. The molecule has 0 spiro atoms. The van der Waals surface area contributed by atoms with Gasteiger partial charge in [-0.1, -0.05) is 70.1 Å². The number of ether oxygens (including phenoxy) is 5. The zero-order valence-corrected chi connectivity index (χ0v) is 44.1. The molecule has 0 saturated heterocycles. The van der Waals surface area contributed by atoms with Crippen LogP contribution < -0.4 is 35.5 Å². The highest BCUT2D eigenvalue weighted by Gasteiger charge is 2.19. The minimum absolute atomic E-state index is 0.281. The Kier molecular flexibility index (Phi) is 22.7. The van der Waals surface area contributed by atoms with Crippen molar-refractivity contribution in [3.8, 4) is 56.6 Å². The van der Waals surface area contributed by atoms with E-state index < -0.39 is 13.1 Å². The van der Waals surface area contributed by atoms with E-state index in [9.17, 15) is 9.59 Å². The lowest BCUT2D eigenvalue weighted by atomic mass is 9.80. The summed E-state index contributed by atoms with van der Waals surface area (Å²) in [6.45, 7) is 0.805. The van der Waals surface area contributed by atoms with Gasteiger partial charge >= 0.3 is 13.1 Å². The summed E-state index contributed by atoms with van der Waals surface area (Å²) in [6, 6.07) is 31.3. The van der Waals surface area contributed by atoms with Crippen LogP contribution in [0.2, 0.25) is 25.1 Å². The number of hydrogen-bond acceptors (Lipinski definition) is 14. The highest BCUT2D eigenvalue weighted by atomic mass is 35.5. The molecule has 0 unspecified atom stereocenters. The third kappa shape index (κ3) is 16.8. The van der Waals surface area contributed by atoms with Gasteiger partial charge in [0, 0.05) is 87.1 Å². The molecule has 4 aromatic heterocycles. The number of benzene rings is 4. The van der Waals surface area contributed by atoms with E-state index in [1.165, 1.54) is 37.6 Å². The average molecular weight is 1100 g/mol. The molecule has 8 rings (SSSR count). The molecule has 0 radical (unpaired) electrons. The molecular formula is C53H48BCl5N6O9. The van der Waals surface area contributed by atoms with Crippen molar-refractivity contribution in [1.82, 2.24) is 25.3 Å². The van der Waals surface area contributed by atoms with E-state index in [1.54, 1.807) is 102 Å². The van der Waals surface area contributed by atoms with Gasteiger partial charge in [-0.25, -0.2) is 4.79 Å². The molecule has 0 atom stereocenters. The van der Waals surface area contributed by atoms with E-state index in [0.717, 1.165) is 39.3 Å². The average Bonchev–Trinajstić information content (AvgIpc) is 3.42. The lowest BCUT2D eigenvalue weighted by Gasteiger charge is -2.13. The van der Waals surface area contributed by atoms with Crippen LogP contribution in [-0.4, -0.2) is 84.5 Å². The quantitative estimate of drug-likeness (QED) is 0.0625. The molecule has 4 heterocycles. The van der Waals surface area contributed by atoms with Crippen LogP contribution in [-0.2, 0) is 17.8 Å². The normalized spacial score (nSPS) is 10.2. The Labute approximate surface area is 453 Å². The van der Waals surface area contributed by atoms with Crippen LogP contribution >= 0.6 is 58.0 Å². The van der Waals surface area contributed by atoms with Crippen LogP contribution in [0.25, 0.3) is 33.6 Å². The van der Waals surface area contributed by atoms with Crippen molar-refractivity contribution in [2.75, 3.05) is 35.5 Å². The third-order valence-electron chi connectivity index (χ3n) is 10.2. The number of methoxy groups -OCH3 is 5. The Hall–Kier alpha value is -6.99. The number of aromatic nitrogens is 4. The van der Waals surface area contributed by atoms with Crippen LogP contribution in [0.15, 0.2) is 146 Å². The number of amides is 1. The lowest BCUT2D eigenvalue weighted by molar-refractivity contribution is 0.0601. The van der Waals surface area contributed by atoms with Gasteiger partial charge in [-0.3, -0.25) is 24.7 Å². The molecule has 1 amide bonds. The molecule has 0 aliphatic rings. The van der Waals surface area contributed by atoms with Crippen molar-refractivity contribution in [3.63, 3.8) is 0 Å². The number of rotatable bonds is 13. The predicted molar refractivity (Wildman–Crippen MR) is 291 cm³/mol. The van der Waals surface area contributed by atoms with Crippen molar-refractivity contribution < 1.29 is 43.3 Å². The standard InChI is InChI=1S/C26H21Cl2N3O3.C12H9ClN2O2.C9H13NO2.C6H5BCl2O2/c1-33-23-6-5-16(8-24(23)34-2)13-31-26(32)22-11-19(18-9-20(27)12-21(28)10-18)15-30-25(22)17-4-3-7-29-14-17;1-17-12(16)10-5-9(13)7-15-11(10)8-3-2-4-14-6-8;1-11-8-4-3-7(6-10)5-9(8)12-2;8-5-1-4(7(10)11)2-6(9)3-5/h3-12,14-15H,13H2,1-2H3,(H,31,32);2-7H,1H3;3-5H,6,10H2,1-2H3;1-3,10-11H. The zero-order chi connectivity index (χ0) is 53.7. The maximum atomic E-state index is 13.3. The molecule has 0 aliphatic carbocycles. The number of nitrogens with two attached hydrogens (primary N) is 1. The number of carbonyl (C=O) groups is 2. The van der Waals surface area contributed by atoms with E-state index >= 15 is 0 Å². The molecule has 5 N–H and O–H groups in total. The molecule has 74 heavy (non-hydrogen) atoms. The van der Waals surface area contributed by atoms with E-state index in [0.29, 0.717) is 83.2 Å². The summed E-state index contributed by atoms with van der Waals surface area (Å²) in [6.07, 6.45) is 9.79. The van der Waals surface area contributed by atoms with Gasteiger partial charge < -0.3 is 44.8 Å². The van der Waals surface area contributed by atoms with Gasteiger partial charge in [0.05, 0.1) is 63.1 Å². The van der Waals surface area contributed by atoms with E-state index in [-0.39, 0.29) is 5.91 Å². The number of carbonyl (C=O) groups excluding carboxylic acids is 2. The maximum absolute atomic E-state index is 13.3. The molecule has 382 valence electrons. The molecule has 8 aromatic rings. The number of nitrogens with one attached hydrogen (secondary N) is 1.